The molecule has 2 aromatic heterocycles. The molecular weight excluding hydrogens is 390 g/mol. The average molecular weight is 408 g/mol. The minimum Gasteiger partial charge on any atom is -0.382 e. The average Bonchev–Trinajstić information content (AvgIpc) is 3.51. The third kappa shape index (κ3) is 3.77. The summed E-state index contributed by atoms with van der Waals surface area (Å²) in [7, 11) is 0. The van der Waals surface area contributed by atoms with Crippen molar-refractivity contribution in [3.63, 3.8) is 0 Å². The van der Waals surface area contributed by atoms with Crippen molar-refractivity contribution in [2.24, 2.45) is 0 Å². The van der Waals surface area contributed by atoms with E-state index in [2.05, 4.69) is 25.6 Å². The Morgan fingerprint density at radius 3 is 2.90 bits per heavy atom. The summed E-state index contributed by atoms with van der Waals surface area (Å²) in [4.78, 5) is 25.5. The van der Waals surface area contributed by atoms with Gasteiger partial charge in [0.15, 0.2) is 0 Å². The monoisotopic (exact) mass is 407 g/mol. The third-order valence-electron chi connectivity index (χ3n) is 4.74. The van der Waals surface area contributed by atoms with Crippen molar-refractivity contribution in [2.75, 3.05) is 11.1 Å². The molecule has 0 radical (unpaired) electrons. The van der Waals surface area contributed by atoms with Gasteiger partial charge in [-0.3, -0.25) is 4.79 Å². The van der Waals surface area contributed by atoms with E-state index in [1.165, 1.54) is 6.33 Å². The van der Waals surface area contributed by atoms with E-state index in [1.54, 1.807) is 12.1 Å². The third-order valence-corrected chi connectivity index (χ3v) is 5.04. The number of hydrogen-bond donors (Lipinski definition) is 3. The maximum absolute atomic E-state index is 12.9. The molecule has 1 aliphatic rings. The first kappa shape index (κ1) is 18.9. The lowest BCUT2D eigenvalue weighted by molar-refractivity contribution is 0.0949. The summed E-state index contributed by atoms with van der Waals surface area (Å²) in [6.45, 7) is 1.83. The number of rotatable bonds is 5. The molecule has 146 valence electrons. The number of aromatic nitrogens is 3. The van der Waals surface area contributed by atoms with Crippen molar-refractivity contribution in [2.45, 2.75) is 31.8 Å². The van der Waals surface area contributed by atoms with Gasteiger partial charge in [0.25, 0.3) is 5.91 Å². The van der Waals surface area contributed by atoms with Crippen LogP contribution in [0.2, 0.25) is 5.02 Å². The first-order valence-corrected chi connectivity index (χ1v) is 9.53. The molecule has 1 amide bonds. The molecule has 3 aromatic rings. The molecule has 8 nitrogen and oxygen atoms in total. The van der Waals surface area contributed by atoms with Crippen molar-refractivity contribution < 1.29 is 4.79 Å². The minimum absolute atomic E-state index is 0.0819. The van der Waals surface area contributed by atoms with E-state index >= 15 is 0 Å². The molecule has 2 heterocycles. The summed E-state index contributed by atoms with van der Waals surface area (Å²) in [6.07, 6.45) is 3.23. The number of anilines is 2. The van der Waals surface area contributed by atoms with Crippen molar-refractivity contribution in [1.29, 1.82) is 5.26 Å². The molecule has 9 heteroatoms. The molecule has 0 saturated heterocycles. The maximum atomic E-state index is 12.9. The summed E-state index contributed by atoms with van der Waals surface area (Å²) in [5, 5.41) is 16.8. The zero-order valence-corrected chi connectivity index (χ0v) is 16.4. The van der Waals surface area contributed by atoms with Gasteiger partial charge in [-0.2, -0.15) is 5.26 Å². The van der Waals surface area contributed by atoms with Crippen LogP contribution in [0, 0.1) is 11.3 Å². The maximum Gasteiger partial charge on any atom is 0.253 e. The number of hydrogen-bond acceptors (Lipinski definition) is 7. The number of nitrogens with one attached hydrogen (secondary N) is 2. The fraction of sp³-hybridized carbons (Fsp3) is 0.250. The van der Waals surface area contributed by atoms with Crippen molar-refractivity contribution in [3.05, 3.63) is 52.4 Å². The van der Waals surface area contributed by atoms with Crippen LogP contribution >= 0.6 is 11.6 Å². The fourth-order valence-corrected chi connectivity index (χ4v) is 3.30. The molecule has 1 saturated carbocycles. The van der Waals surface area contributed by atoms with E-state index in [4.69, 9.17) is 17.3 Å². The molecule has 0 aliphatic heterocycles. The Morgan fingerprint density at radius 1 is 1.38 bits per heavy atom. The highest BCUT2D eigenvalue weighted by molar-refractivity contribution is 6.35. The van der Waals surface area contributed by atoms with Gasteiger partial charge in [0.2, 0.25) is 0 Å². The van der Waals surface area contributed by atoms with Gasteiger partial charge in [-0.05, 0) is 31.9 Å². The molecule has 1 fully saturated rings. The van der Waals surface area contributed by atoms with Gasteiger partial charge >= 0.3 is 0 Å². The largest absolute Gasteiger partial charge is 0.382 e. The van der Waals surface area contributed by atoms with E-state index in [0.717, 1.165) is 18.2 Å². The second-order valence-electron chi connectivity index (χ2n) is 6.94. The van der Waals surface area contributed by atoms with Crippen molar-refractivity contribution in [1.82, 2.24) is 20.3 Å². The van der Waals surface area contributed by atoms with Crippen LogP contribution < -0.4 is 16.4 Å². The summed E-state index contributed by atoms with van der Waals surface area (Å²) in [5.41, 5.74) is 7.47. The second kappa shape index (κ2) is 7.53. The topological polar surface area (TPSA) is 130 Å². The number of nitriles is 1. The van der Waals surface area contributed by atoms with Crippen LogP contribution in [0.5, 0.6) is 0 Å². The number of nitrogens with zero attached hydrogens (tertiary/aromatic N) is 4. The Hall–Kier alpha value is -3.44. The van der Waals surface area contributed by atoms with Crippen LogP contribution in [-0.2, 0) is 0 Å². The molecular formula is C20H18ClN7O. The van der Waals surface area contributed by atoms with Gasteiger partial charge in [-0.15, -0.1) is 0 Å². The Morgan fingerprint density at radius 2 is 2.17 bits per heavy atom. The van der Waals surface area contributed by atoms with E-state index < -0.39 is 6.04 Å². The van der Waals surface area contributed by atoms with Gasteiger partial charge in [0.1, 0.15) is 29.6 Å². The molecule has 4 rings (SSSR count). The van der Waals surface area contributed by atoms with Gasteiger partial charge < -0.3 is 16.4 Å². The number of halogens is 1. The number of amides is 1. The number of carbonyl (C=O) groups is 1. The van der Waals surface area contributed by atoms with Crippen LogP contribution in [0.15, 0.2) is 30.6 Å². The van der Waals surface area contributed by atoms with Crippen LogP contribution in [0.1, 0.15) is 47.4 Å². The van der Waals surface area contributed by atoms with E-state index in [1.807, 2.05) is 25.1 Å². The molecule has 0 spiro atoms. The zero-order valence-electron chi connectivity index (χ0n) is 15.6. The van der Waals surface area contributed by atoms with E-state index in [9.17, 15) is 10.1 Å². The number of benzene rings is 1. The zero-order chi connectivity index (χ0) is 20.5. The summed E-state index contributed by atoms with van der Waals surface area (Å²) in [6, 6.07) is 8.98. The molecule has 1 atom stereocenters. The Balaban J connectivity index is 1.78. The Bertz CT molecular complexity index is 1150. The van der Waals surface area contributed by atoms with Crippen LogP contribution in [-0.4, -0.2) is 26.9 Å². The van der Waals surface area contributed by atoms with Crippen LogP contribution in [0.3, 0.4) is 0 Å². The molecule has 1 aromatic carbocycles. The Kier molecular flexibility index (Phi) is 4.91. The number of carbonyl (C=O) groups excluding carboxylic acids is 1. The highest BCUT2D eigenvalue weighted by Crippen LogP contribution is 2.29. The predicted molar refractivity (Wildman–Crippen MR) is 110 cm³/mol. The fourth-order valence-electron chi connectivity index (χ4n) is 3.07. The lowest BCUT2D eigenvalue weighted by Crippen LogP contribution is -2.28. The van der Waals surface area contributed by atoms with E-state index in [-0.39, 0.29) is 29.1 Å². The normalized spacial score (nSPS) is 14.2. The smallest absolute Gasteiger partial charge is 0.253 e. The van der Waals surface area contributed by atoms with Gasteiger partial charge in [0.05, 0.1) is 27.8 Å². The Labute approximate surface area is 172 Å². The molecule has 0 bridgehead atoms. The lowest BCUT2D eigenvalue weighted by Gasteiger charge is -2.19. The number of para-hydroxylation sites is 1. The highest BCUT2D eigenvalue weighted by Gasteiger charge is 2.27. The van der Waals surface area contributed by atoms with Gasteiger partial charge in [-0.1, -0.05) is 23.7 Å². The number of pyridine rings is 1. The van der Waals surface area contributed by atoms with Gasteiger partial charge in [-0.25, -0.2) is 15.0 Å². The molecule has 1 aliphatic carbocycles. The SMILES string of the molecule is C[C@H](Nc1ncnc(N)c1C#N)c1nc2c(Cl)cccc2cc1C(=O)NC1CC1. The van der Waals surface area contributed by atoms with Crippen LogP contribution in [0.4, 0.5) is 11.6 Å². The molecule has 0 unspecified atom stereocenters. The molecule has 4 N–H and O–H groups in total. The first-order valence-electron chi connectivity index (χ1n) is 9.15. The number of nitrogens with two attached hydrogens (primary N) is 1. The summed E-state index contributed by atoms with van der Waals surface area (Å²) >= 11 is 6.32. The van der Waals surface area contributed by atoms with Crippen LogP contribution in [0.25, 0.3) is 10.9 Å². The standard InChI is InChI=1S/C20H18ClN7O/c1-10(26-19-14(8-22)18(23)24-9-25-19)16-13(20(29)27-12-5-6-12)7-11-3-2-4-15(21)17(11)28-16/h2-4,7,9-10,12H,5-6H2,1H3,(H,27,29)(H3,23,24,25,26)/t10-/m0/s1. The lowest BCUT2D eigenvalue weighted by atomic mass is 10.0. The van der Waals surface area contributed by atoms with E-state index in [0.29, 0.717) is 21.8 Å². The minimum atomic E-state index is -0.447. The summed E-state index contributed by atoms with van der Waals surface area (Å²) in [5.74, 6) is 0.175. The summed E-state index contributed by atoms with van der Waals surface area (Å²) < 4.78 is 0. The molecule has 29 heavy (non-hydrogen) atoms. The number of fused-ring (bicyclic) bond motifs is 1. The predicted octanol–water partition coefficient (Wildman–Crippen LogP) is 3.20. The van der Waals surface area contributed by atoms with Gasteiger partial charge in [0, 0.05) is 11.4 Å². The first-order chi connectivity index (χ1) is 14.0. The van der Waals surface area contributed by atoms with Crippen molar-refractivity contribution >= 4 is 40.0 Å². The number of nitrogen functional groups attached to an aromatic ring is 1. The second-order valence-corrected chi connectivity index (χ2v) is 7.35. The quantitative estimate of drug-likeness (QED) is 0.592. The highest BCUT2D eigenvalue weighted by atomic mass is 35.5. The van der Waals surface area contributed by atoms with Crippen molar-refractivity contribution in [3.8, 4) is 6.07 Å².